The summed E-state index contributed by atoms with van der Waals surface area (Å²) >= 11 is 6.57. The number of ether oxygens (including phenoxy) is 4. The number of nitrogens with one attached hydrogen (secondary N) is 1. The molecule has 3 aromatic rings. The summed E-state index contributed by atoms with van der Waals surface area (Å²) in [6, 6.07) is 10.8. The minimum atomic E-state index is -0.166. The van der Waals surface area contributed by atoms with Crippen LogP contribution >= 0.6 is 11.6 Å². The van der Waals surface area contributed by atoms with Gasteiger partial charge in [-0.25, -0.2) is 4.98 Å². The number of benzene rings is 1. The highest BCUT2D eigenvalue weighted by Crippen LogP contribution is 2.33. The van der Waals surface area contributed by atoms with Crippen LogP contribution in [0.5, 0.6) is 6.01 Å². The highest BCUT2D eigenvalue weighted by molar-refractivity contribution is 6.33. The molecule has 2 aromatic heterocycles. The second kappa shape index (κ2) is 8.06. The molecule has 162 valence electrons. The zero-order valence-corrected chi connectivity index (χ0v) is 17.8. The summed E-state index contributed by atoms with van der Waals surface area (Å²) in [4.78, 5) is 12.4. The first-order chi connectivity index (χ1) is 15.2. The maximum atomic E-state index is 6.57. The van der Waals surface area contributed by atoms with E-state index in [4.69, 9.17) is 35.5 Å². The molecule has 3 atom stereocenters. The van der Waals surface area contributed by atoms with Crippen LogP contribution in [-0.2, 0) is 14.2 Å². The van der Waals surface area contributed by atoms with Gasteiger partial charge in [0.05, 0.1) is 28.9 Å². The smallest absolute Gasteiger partial charge is 0.296 e. The number of aromatic nitrogens is 3. The molecule has 3 saturated heterocycles. The van der Waals surface area contributed by atoms with Crippen molar-refractivity contribution < 1.29 is 18.9 Å². The zero-order chi connectivity index (χ0) is 20.8. The van der Waals surface area contributed by atoms with Gasteiger partial charge in [0, 0.05) is 25.4 Å². The summed E-state index contributed by atoms with van der Waals surface area (Å²) in [7, 11) is 0. The fourth-order valence-electron chi connectivity index (χ4n) is 4.77. The van der Waals surface area contributed by atoms with E-state index in [1.807, 2.05) is 6.07 Å². The Labute approximate surface area is 185 Å². The first-order valence-electron chi connectivity index (χ1n) is 10.9. The molecule has 7 nitrogen and oxygen atoms in total. The third kappa shape index (κ3) is 3.69. The van der Waals surface area contributed by atoms with Gasteiger partial charge in [-0.15, -0.1) is 0 Å². The molecule has 3 aliphatic rings. The fourth-order valence-corrected chi connectivity index (χ4v) is 5.03. The molecule has 1 unspecified atom stereocenters. The van der Waals surface area contributed by atoms with Crippen molar-refractivity contribution in [1.29, 1.82) is 0 Å². The molecule has 0 radical (unpaired) electrons. The van der Waals surface area contributed by atoms with Gasteiger partial charge in [0.15, 0.2) is 11.8 Å². The SMILES string of the molecule is Clc1cc2[nH]c(OC3CO[C@@H]4CCO[C@H]34)nc2nc1-c1ccc(C2CCOCC2)cc1. The van der Waals surface area contributed by atoms with Gasteiger partial charge in [-0.3, -0.25) is 0 Å². The van der Waals surface area contributed by atoms with Crippen LogP contribution in [0.2, 0.25) is 5.02 Å². The third-order valence-corrected chi connectivity index (χ3v) is 6.75. The summed E-state index contributed by atoms with van der Waals surface area (Å²) in [5, 5.41) is 0.574. The molecule has 3 fully saturated rings. The summed E-state index contributed by atoms with van der Waals surface area (Å²) in [6.07, 6.45) is 2.98. The summed E-state index contributed by atoms with van der Waals surface area (Å²) in [6.45, 7) is 2.88. The number of pyridine rings is 1. The topological polar surface area (TPSA) is 78.5 Å². The lowest BCUT2D eigenvalue weighted by atomic mass is 9.91. The van der Waals surface area contributed by atoms with E-state index in [-0.39, 0.29) is 18.3 Å². The number of rotatable bonds is 4. The van der Waals surface area contributed by atoms with Crippen molar-refractivity contribution in [3.05, 3.63) is 40.9 Å². The molecule has 3 aliphatic heterocycles. The highest BCUT2D eigenvalue weighted by Gasteiger charge is 2.43. The molecule has 6 rings (SSSR count). The van der Waals surface area contributed by atoms with E-state index in [9.17, 15) is 0 Å². The van der Waals surface area contributed by atoms with Crippen LogP contribution in [0.4, 0.5) is 0 Å². The van der Waals surface area contributed by atoms with Crippen LogP contribution in [0.25, 0.3) is 22.4 Å². The molecule has 5 heterocycles. The molecule has 31 heavy (non-hydrogen) atoms. The van der Waals surface area contributed by atoms with Gasteiger partial charge < -0.3 is 23.9 Å². The van der Waals surface area contributed by atoms with E-state index in [0.717, 1.165) is 43.6 Å². The first kappa shape index (κ1) is 19.5. The van der Waals surface area contributed by atoms with Crippen molar-refractivity contribution in [2.45, 2.75) is 43.5 Å². The van der Waals surface area contributed by atoms with E-state index in [2.05, 4.69) is 34.2 Å². The molecule has 8 heteroatoms. The Kier molecular flexibility index (Phi) is 5.07. The fraction of sp³-hybridized carbons (Fsp3) is 0.478. The number of nitrogens with zero attached hydrogens (tertiary/aromatic N) is 2. The van der Waals surface area contributed by atoms with E-state index < -0.39 is 0 Å². The largest absolute Gasteiger partial charge is 0.456 e. The van der Waals surface area contributed by atoms with E-state index in [0.29, 0.717) is 41.5 Å². The number of imidazole rings is 1. The number of hydrogen-bond donors (Lipinski definition) is 1. The monoisotopic (exact) mass is 441 g/mol. The molecule has 0 saturated carbocycles. The Morgan fingerprint density at radius 1 is 1.00 bits per heavy atom. The summed E-state index contributed by atoms with van der Waals surface area (Å²) in [5.41, 5.74) is 4.34. The predicted octanol–water partition coefficient (Wildman–Crippen LogP) is 4.11. The summed E-state index contributed by atoms with van der Waals surface area (Å²) in [5.74, 6) is 0.558. The summed E-state index contributed by atoms with van der Waals surface area (Å²) < 4.78 is 23.0. The Morgan fingerprint density at radius 2 is 1.84 bits per heavy atom. The van der Waals surface area contributed by atoms with Crippen LogP contribution in [0.1, 0.15) is 30.7 Å². The van der Waals surface area contributed by atoms with Gasteiger partial charge in [0.1, 0.15) is 6.10 Å². The van der Waals surface area contributed by atoms with Crippen molar-refractivity contribution >= 4 is 22.8 Å². The van der Waals surface area contributed by atoms with E-state index in [1.54, 1.807) is 0 Å². The van der Waals surface area contributed by atoms with Crippen LogP contribution in [0.3, 0.4) is 0 Å². The van der Waals surface area contributed by atoms with Gasteiger partial charge in [-0.1, -0.05) is 35.9 Å². The third-order valence-electron chi connectivity index (χ3n) is 6.46. The molecular formula is C23H24ClN3O4. The number of H-pyrrole nitrogens is 1. The van der Waals surface area contributed by atoms with Crippen LogP contribution in [0.15, 0.2) is 30.3 Å². The van der Waals surface area contributed by atoms with Crippen molar-refractivity contribution in [2.24, 2.45) is 0 Å². The average molecular weight is 442 g/mol. The van der Waals surface area contributed by atoms with Crippen LogP contribution in [-0.4, -0.2) is 59.7 Å². The number of hydrogen-bond acceptors (Lipinski definition) is 6. The molecular weight excluding hydrogens is 418 g/mol. The lowest BCUT2D eigenvalue weighted by Gasteiger charge is -2.22. The van der Waals surface area contributed by atoms with Gasteiger partial charge >= 0.3 is 0 Å². The minimum absolute atomic E-state index is 0.0328. The first-order valence-corrected chi connectivity index (χ1v) is 11.3. The Morgan fingerprint density at radius 3 is 2.68 bits per heavy atom. The van der Waals surface area contributed by atoms with Crippen LogP contribution in [0, 0.1) is 0 Å². The van der Waals surface area contributed by atoms with E-state index in [1.165, 1.54) is 5.56 Å². The number of halogens is 1. The van der Waals surface area contributed by atoms with Crippen molar-refractivity contribution in [3.8, 4) is 17.3 Å². The van der Waals surface area contributed by atoms with Crippen LogP contribution < -0.4 is 4.74 Å². The van der Waals surface area contributed by atoms with Crippen molar-refractivity contribution in [1.82, 2.24) is 15.0 Å². The molecule has 1 aromatic carbocycles. The van der Waals surface area contributed by atoms with E-state index >= 15 is 0 Å². The predicted molar refractivity (Wildman–Crippen MR) is 116 cm³/mol. The standard InChI is InChI=1S/C23H24ClN3O4/c24-16-11-17-22(27-23(25-17)31-19-12-30-18-7-10-29-21(18)19)26-20(16)15-3-1-13(2-4-15)14-5-8-28-9-6-14/h1-4,11,14,18-19,21H,5-10,12H2,(H,25,26,27)/t18-,19?,21+/m1/s1. The van der Waals surface area contributed by atoms with Gasteiger partial charge in [0.2, 0.25) is 0 Å². The highest BCUT2D eigenvalue weighted by atomic mass is 35.5. The minimum Gasteiger partial charge on any atom is -0.456 e. The lowest BCUT2D eigenvalue weighted by Crippen LogP contribution is -2.32. The van der Waals surface area contributed by atoms with Gasteiger partial charge in [0.25, 0.3) is 6.01 Å². The van der Waals surface area contributed by atoms with Gasteiger partial charge in [-0.05, 0) is 36.8 Å². The maximum absolute atomic E-state index is 6.57. The second-order valence-electron chi connectivity index (χ2n) is 8.39. The quantitative estimate of drug-likeness (QED) is 0.656. The molecule has 0 aliphatic carbocycles. The number of fused-ring (bicyclic) bond motifs is 2. The Balaban J connectivity index is 1.24. The second-order valence-corrected chi connectivity index (χ2v) is 8.80. The molecule has 1 N–H and O–H groups in total. The molecule has 0 spiro atoms. The normalized spacial score (nSPS) is 26.4. The van der Waals surface area contributed by atoms with Crippen molar-refractivity contribution in [3.63, 3.8) is 0 Å². The number of aromatic amines is 1. The Bertz CT molecular complexity index is 1080. The maximum Gasteiger partial charge on any atom is 0.296 e. The Hall–Kier alpha value is -2.19. The lowest BCUT2D eigenvalue weighted by molar-refractivity contribution is 0.0273. The zero-order valence-electron chi connectivity index (χ0n) is 17.1. The molecule has 0 bridgehead atoms. The molecule has 0 amide bonds. The van der Waals surface area contributed by atoms with Gasteiger partial charge in [-0.2, -0.15) is 4.98 Å². The van der Waals surface area contributed by atoms with Crippen molar-refractivity contribution in [2.75, 3.05) is 26.4 Å². The average Bonchev–Trinajstić information content (AvgIpc) is 3.51.